The molecule has 0 aromatic heterocycles. The Bertz CT molecular complexity index is 1210. The van der Waals surface area contributed by atoms with Gasteiger partial charge in [-0.25, -0.2) is 0 Å². The van der Waals surface area contributed by atoms with E-state index >= 15 is 0 Å². The predicted octanol–water partition coefficient (Wildman–Crippen LogP) is 19.2. The molecule has 0 radical (unpaired) electrons. The first kappa shape index (κ1) is 64.1. The Morgan fingerprint density at radius 2 is 0.582 bits per heavy atom. The number of carbonyl (C=O) groups excluding carboxylic acids is 3. The van der Waals surface area contributed by atoms with Crippen LogP contribution in [0.4, 0.5) is 0 Å². The second-order valence-corrected chi connectivity index (χ2v) is 19.2. The third-order valence-corrected chi connectivity index (χ3v) is 12.5. The molecule has 6 heteroatoms. The fourth-order valence-corrected chi connectivity index (χ4v) is 8.15. The first-order chi connectivity index (χ1) is 33.0. The van der Waals surface area contributed by atoms with Gasteiger partial charge >= 0.3 is 17.9 Å². The topological polar surface area (TPSA) is 78.9 Å². The van der Waals surface area contributed by atoms with Crippen LogP contribution in [0.25, 0.3) is 0 Å². The molecule has 67 heavy (non-hydrogen) atoms. The normalized spacial score (nSPS) is 12.5. The molecule has 0 aliphatic carbocycles. The van der Waals surface area contributed by atoms with Crippen LogP contribution in [0.5, 0.6) is 0 Å². The lowest BCUT2D eigenvalue weighted by Crippen LogP contribution is -2.30. The molecule has 1 atom stereocenters. The Morgan fingerprint density at radius 3 is 0.955 bits per heavy atom. The molecule has 0 fully saturated rings. The quantitative estimate of drug-likeness (QED) is 0.0262. The summed E-state index contributed by atoms with van der Waals surface area (Å²) in [6, 6.07) is 0. The van der Waals surface area contributed by atoms with E-state index < -0.39 is 6.10 Å². The van der Waals surface area contributed by atoms with E-state index in [2.05, 4.69) is 81.5 Å². The molecule has 0 amide bonds. The van der Waals surface area contributed by atoms with E-state index in [-0.39, 0.29) is 31.1 Å². The molecule has 0 spiro atoms. The zero-order valence-corrected chi connectivity index (χ0v) is 44.4. The van der Waals surface area contributed by atoms with Gasteiger partial charge in [0.2, 0.25) is 0 Å². The maximum atomic E-state index is 12.8. The molecule has 0 saturated heterocycles. The van der Waals surface area contributed by atoms with Crippen LogP contribution in [0.3, 0.4) is 0 Å². The van der Waals surface area contributed by atoms with Gasteiger partial charge in [0, 0.05) is 19.3 Å². The first-order valence-electron chi connectivity index (χ1n) is 28.8. The van der Waals surface area contributed by atoms with Crippen LogP contribution in [0.2, 0.25) is 0 Å². The summed E-state index contributed by atoms with van der Waals surface area (Å²) in [6.07, 6.45) is 69.2. The molecular weight excluding hydrogens is 829 g/mol. The second-order valence-electron chi connectivity index (χ2n) is 19.2. The molecule has 0 saturated carbocycles. The summed E-state index contributed by atoms with van der Waals surface area (Å²) in [5.74, 6) is -0.895. The smallest absolute Gasteiger partial charge is 0.306 e. The van der Waals surface area contributed by atoms with E-state index in [4.69, 9.17) is 14.2 Å². The van der Waals surface area contributed by atoms with Crippen molar-refractivity contribution < 1.29 is 28.6 Å². The number of ether oxygens (including phenoxy) is 3. The van der Waals surface area contributed by atoms with Crippen molar-refractivity contribution in [3.05, 3.63) is 60.8 Å². The molecule has 0 aliphatic rings. The molecule has 0 aromatic carbocycles. The van der Waals surface area contributed by atoms with Crippen molar-refractivity contribution in [3.63, 3.8) is 0 Å². The zero-order chi connectivity index (χ0) is 48.6. The molecule has 1 unspecified atom stereocenters. The van der Waals surface area contributed by atoms with Gasteiger partial charge in [0.25, 0.3) is 0 Å². The van der Waals surface area contributed by atoms with E-state index in [9.17, 15) is 14.4 Å². The molecule has 6 nitrogen and oxygen atoms in total. The minimum atomic E-state index is -0.783. The highest BCUT2D eigenvalue weighted by Gasteiger charge is 2.19. The highest BCUT2D eigenvalue weighted by molar-refractivity contribution is 5.71. The molecule has 0 bridgehead atoms. The van der Waals surface area contributed by atoms with Crippen molar-refractivity contribution in [1.29, 1.82) is 0 Å². The Hall–Kier alpha value is -2.89. The number of unbranched alkanes of at least 4 members (excludes halogenated alkanes) is 31. The van der Waals surface area contributed by atoms with E-state index in [1.807, 2.05) is 0 Å². The molecule has 388 valence electrons. The van der Waals surface area contributed by atoms with Crippen LogP contribution in [0.15, 0.2) is 60.8 Å². The molecule has 0 heterocycles. The highest BCUT2D eigenvalue weighted by Crippen LogP contribution is 2.15. The van der Waals surface area contributed by atoms with Gasteiger partial charge in [-0.3, -0.25) is 14.4 Å². The minimum absolute atomic E-state index is 0.0820. The fraction of sp³-hybridized carbons (Fsp3) is 0.787. The molecular formula is C61H108O6. The SMILES string of the molecule is CC/C=C\C/C=C\C/C=C\CCCCCCCCCCCC(=O)OCC(COC(=O)CCCCCCC/C=C\CCCCC)OC(=O)CCCCCCC/C=C\CCCCCCCCCCC. The zero-order valence-electron chi connectivity index (χ0n) is 44.4. The summed E-state index contributed by atoms with van der Waals surface area (Å²) in [5.41, 5.74) is 0. The Labute approximate surface area is 415 Å². The molecule has 0 rings (SSSR count). The maximum absolute atomic E-state index is 12.8. The van der Waals surface area contributed by atoms with E-state index in [0.717, 1.165) is 96.3 Å². The monoisotopic (exact) mass is 937 g/mol. The van der Waals surface area contributed by atoms with Gasteiger partial charge in [0.15, 0.2) is 6.10 Å². The number of allylic oxidation sites excluding steroid dienone is 10. The Kier molecular flexibility index (Phi) is 53.3. The van der Waals surface area contributed by atoms with Crippen LogP contribution in [-0.4, -0.2) is 37.2 Å². The molecule has 0 aliphatic heterocycles. The summed E-state index contributed by atoms with van der Waals surface area (Å²) in [4.78, 5) is 38.1. The standard InChI is InChI=1S/C61H108O6/c1-4-7-10-13-16-19-22-25-27-29-31-33-34-36-39-42-45-48-51-54-60(63)66-57-58(56-65-59(62)53-50-47-44-41-38-24-21-18-15-12-9-6-3)67-61(64)55-52-49-46-43-40-37-35-32-30-28-26-23-20-17-14-11-8-5-2/h7,10,16,18-19,21,25,27,32,35,58H,4-6,8-9,11-15,17,20,22-24,26,28-31,33-34,36-57H2,1-3H3/b10-7-,19-16-,21-18-,27-25-,35-32-. The van der Waals surface area contributed by atoms with Gasteiger partial charge in [-0.05, 0) is 103 Å². The second kappa shape index (κ2) is 55.7. The van der Waals surface area contributed by atoms with E-state index in [0.29, 0.717) is 19.3 Å². The number of hydrogen-bond donors (Lipinski definition) is 0. The summed E-state index contributed by atoms with van der Waals surface area (Å²) >= 11 is 0. The number of esters is 3. The number of rotatable bonds is 52. The van der Waals surface area contributed by atoms with Crippen LogP contribution in [0.1, 0.15) is 290 Å². The van der Waals surface area contributed by atoms with Crippen molar-refractivity contribution in [2.75, 3.05) is 13.2 Å². The lowest BCUT2D eigenvalue weighted by molar-refractivity contribution is -0.167. The van der Waals surface area contributed by atoms with Crippen molar-refractivity contribution >= 4 is 17.9 Å². The predicted molar refractivity (Wildman–Crippen MR) is 288 cm³/mol. The van der Waals surface area contributed by atoms with E-state index in [1.54, 1.807) is 0 Å². The van der Waals surface area contributed by atoms with Crippen LogP contribution >= 0.6 is 0 Å². The average Bonchev–Trinajstić information content (AvgIpc) is 3.33. The third-order valence-electron chi connectivity index (χ3n) is 12.5. The average molecular weight is 938 g/mol. The highest BCUT2D eigenvalue weighted by atomic mass is 16.6. The van der Waals surface area contributed by atoms with Crippen LogP contribution in [0, 0.1) is 0 Å². The Morgan fingerprint density at radius 1 is 0.313 bits per heavy atom. The molecule has 0 N–H and O–H groups in total. The van der Waals surface area contributed by atoms with Crippen molar-refractivity contribution in [2.24, 2.45) is 0 Å². The largest absolute Gasteiger partial charge is 0.462 e. The van der Waals surface area contributed by atoms with Gasteiger partial charge in [-0.15, -0.1) is 0 Å². The van der Waals surface area contributed by atoms with Crippen molar-refractivity contribution in [2.45, 2.75) is 297 Å². The molecule has 0 aromatic rings. The van der Waals surface area contributed by atoms with Crippen LogP contribution in [-0.2, 0) is 28.6 Å². The lowest BCUT2D eigenvalue weighted by atomic mass is 10.1. The van der Waals surface area contributed by atoms with E-state index in [1.165, 1.54) is 154 Å². The number of carbonyl (C=O) groups is 3. The van der Waals surface area contributed by atoms with Gasteiger partial charge in [0.05, 0.1) is 0 Å². The lowest BCUT2D eigenvalue weighted by Gasteiger charge is -2.18. The van der Waals surface area contributed by atoms with Crippen molar-refractivity contribution in [1.82, 2.24) is 0 Å². The van der Waals surface area contributed by atoms with Crippen LogP contribution < -0.4 is 0 Å². The maximum Gasteiger partial charge on any atom is 0.306 e. The van der Waals surface area contributed by atoms with Crippen molar-refractivity contribution in [3.8, 4) is 0 Å². The van der Waals surface area contributed by atoms with Gasteiger partial charge in [0.1, 0.15) is 13.2 Å². The minimum Gasteiger partial charge on any atom is -0.462 e. The first-order valence-corrected chi connectivity index (χ1v) is 28.8. The van der Waals surface area contributed by atoms with Gasteiger partial charge in [-0.2, -0.15) is 0 Å². The summed E-state index contributed by atoms with van der Waals surface area (Å²) in [6.45, 7) is 6.51. The summed E-state index contributed by atoms with van der Waals surface area (Å²) in [7, 11) is 0. The summed E-state index contributed by atoms with van der Waals surface area (Å²) < 4.78 is 16.8. The van der Waals surface area contributed by atoms with Gasteiger partial charge in [-0.1, -0.05) is 229 Å². The van der Waals surface area contributed by atoms with Gasteiger partial charge < -0.3 is 14.2 Å². The third kappa shape index (κ3) is 53.9. The Balaban J connectivity index is 4.36. The summed E-state index contributed by atoms with van der Waals surface area (Å²) in [5, 5.41) is 0. The number of hydrogen-bond acceptors (Lipinski definition) is 6. The fourth-order valence-electron chi connectivity index (χ4n) is 8.15.